The lowest BCUT2D eigenvalue weighted by Gasteiger charge is -2.10. The molecule has 0 heterocycles. The van der Waals surface area contributed by atoms with E-state index in [1.807, 2.05) is 31.2 Å². The maximum atomic E-state index is 12.3. The standard InChI is InChI=1S/C21H25N3O3/c1-15-5-2-8-19(13-15)27-12-4-11-22-20(25)16-6-3-7-18(14-16)24-21(26)23-17-9-10-17/h2-3,5-8,13-14,17H,4,9-12H2,1H3,(H,22,25)(H2,23,24,26). The minimum absolute atomic E-state index is 0.170. The Morgan fingerprint density at radius 3 is 2.70 bits per heavy atom. The summed E-state index contributed by atoms with van der Waals surface area (Å²) in [5, 5.41) is 8.48. The molecule has 6 nitrogen and oxygen atoms in total. The van der Waals surface area contributed by atoms with Crippen LogP contribution in [-0.2, 0) is 0 Å². The highest BCUT2D eigenvalue weighted by atomic mass is 16.5. The number of ether oxygens (including phenoxy) is 1. The van der Waals surface area contributed by atoms with Gasteiger partial charge in [0.2, 0.25) is 0 Å². The summed E-state index contributed by atoms with van der Waals surface area (Å²) in [6.07, 6.45) is 2.77. The van der Waals surface area contributed by atoms with Crippen LogP contribution in [0.2, 0.25) is 0 Å². The van der Waals surface area contributed by atoms with Crippen molar-refractivity contribution in [2.75, 3.05) is 18.5 Å². The summed E-state index contributed by atoms with van der Waals surface area (Å²) in [5.41, 5.74) is 2.27. The van der Waals surface area contributed by atoms with E-state index in [9.17, 15) is 9.59 Å². The van der Waals surface area contributed by atoms with Crippen LogP contribution in [0, 0.1) is 6.92 Å². The van der Waals surface area contributed by atoms with Gasteiger partial charge in [0.25, 0.3) is 5.91 Å². The lowest BCUT2D eigenvalue weighted by molar-refractivity contribution is 0.0951. The fraction of sp³-hybridized carbons (Fsp3) is 0.333. The number of carbonyl (C=O) groups is 2. The molecule has 2 aromatic rings. The fourth-order valence-corrected chi connectivity index (χ4v) is 2.59. The van der Waals surface area contributed by atoms with Gasteiger partial charge in [-0.1, -0.05) is 18.2 Å². The van der Waals surface area contributed by atoms with E-state index in [0.717, 1.165) is 24.2 Å². The van der Waals surface area contributed by atoms with Gasteiger partial charge in [-0.2, -0.15) is 0 Å². The second-order valence-corrected chi connectivity index (χ2v) is 6.73. The largest absolute Gasteiger partial charge is 0.494 e. The van der Waals surface area contributed by atoms with Crippen LogP contribution in [0.1, 0.15) is 35.2 Å². The maximum Gasteiger partial charge on any atom is 0.319 e. The second-order valence-electron chi connectivity index (χ2n) is 6.73. The van der Waals surface area contributed by atoms with E-state index in [4.69, 9.17) is 4.74 Å². The van der Waals surface area contributed by atoms with E-state index in [-0.39, 0.29) is 11.9 Å². The first-order valence-corrected chi connectivity index (χ1v) is 9.25. The molecule has 1 aliphatic rings. The summed E-state index contributed by atoms with van der Waals surface area (Å²) >= 11 is 0. The SMILES string of the molecule is Cc1cccc(OCCCNC(=O)c2cccc(NC(=O)NC3CC3)c2)c1. The fourth-order valence-electron chi connectivity index (χ4n) is 2.59. The Hall–Kier alpha value is -3.02. The number of benzene rings is 2. The number of urea groups is 1. The van der Waals surface area contributed by atoms with Crippen LogP contribution in [-0.4, -0.2) is 31.1 Å². The van der Waals surface area contributed by atoms with Crippen molar-refractivity contribution in [1.82, 2.24) is 10.6 Å². The van der Waals surface area contributed by atoms with Crippen molar-refractivity contribution in [3.8, 4) is 5.75 Å². The predicted octanol–water partition coefficient (Wildman–Crippen LogP) is 3.48. The average molecular weight is 367 g/mol. The number of hydrogen-bond acceptors (Lipinski definition) is 3. The van der Waals surface area contributed by atoms with Crippen LogP contribution < -0.4 is 20.7 Å². The molecule has 0 bridgehead atoms. The summed E-state index contributed by atoms with van der Waals surface area (Å²) in [6.45, 7) is 3.07. The molecule has 2 aromatic carbocycles. The molecule has 0 aromatic heterocycles. The van der Waals surface area contributed by atoms with Crippen LogP contribution in [0.15, 0.2) is 48.5 Å². The Labute approximate surface area is 159 Å². The van der Waals surface area contributed by atoms with Crippen LogP contribution >= 0.6 is 0 Å². The van der Waals surface area contributed by atoms with Gasteiger partial charge < -0.3 is 20.7 Å². The van der Waals surface area contributed by atoms with Crippen molar-refractivity contribution in [3.05, 3.63) is 59.7 Å². The van der Waals surface area contributed by atoms with Crippen molar-refractivity contribution in [1.29, 1.82) is 0 Å². The number of aryl methyl sites for hydroxylation is 1. The molecule has 3 rings (SSSR count). The molecule has 0 radical (unpaired) electrons. The lowest BCUT2D eigenvalue weighted by Crippen LogP contribution is -2.30. The van der Waals surface area contributed by atoms with Gasteiger partial charge in [-0.05, 0) is 62.1 Å². The van der Waals surface area contributed by atoms with Gasteiger partial charge in [-0.15, -0.1) is 0 Å². The minimum Gasteiger partial charge on any atom is -0.494 e. The molecule has 142 valence electrons. The first-order chi connectivity index (χ1) is 13.1. The molecule has 0 atom stereocenters. The van der Waals surface area contributed by atoms with Crippen LogP contribution in [0.5, 0.6) is 5.75 Å². The van der Waals surface area contributed by atoms with Gasteiger partial charge in [0.1, 0.15) is 5.75 Å². The molecular weight excluding hydrogens is 342 g/mol. The highest BCUT2D eigenvalue weighted by Gasteiger charge is 2.23. The third kappa shape index (κ3) is 6.33. The first-order valence-electron chi connectivity index (χ1n) is 9.25. The highest BCUT2D eigenvalue weighted by Crippen LogP contribution is 2.19. The summed E-state index contributed by atoms with van der Waals surface area (Å²) in [7, 11) is 0. The Morgan fingerprint density at radius 2 is 1.93 bits per heavy atom. The van der Waals surface area contributed by atoms with Gasteiger partial charge in [0.05, 0.1) is 6.61 Å². The van der Waals surface area contributed by atoms with Crippen LogP contribution in [0.3, 0.4) is 0 Å². The third-order valence-corrected chi connectivity index (χ3v) is 4.16. The molecule has 6 heteroatoms. The number of amides is 3. The zero-order valence-corrected chi connectivity index (χ0v) is 15.5. The summed E-state index contributed by atoms with van der Waals surface area (Å²) in [6, 6.07) is 14.8. The van der Waals surface area contributed by atoms with Crippen LogP contribution in [0.25, 0.3) is 0 Å². The molecule has 1 fully saturated rings. The number of hydrogen-bond donors (Lipinski definition) is 3. The maximum absolute atomic E-state index is 12.3. The Kier molecular flexibility index (Phi) is 6.30. The van der Waals surface area contributed by atoms with Crippen molar-refractivity contribution in [3.63, 3.8) is 0 Å². The zero-order valence-electron chi connectivity index (χ0n) is 15.5. The van der Waals surface area contributed by atoms with Gasteiger partial charge in [-0.3, -0.25) is 4.79 Å². The Balaban J connectivity index is 1.39. The highest BCUT2D eigenvalue weighted by molar-refractivity contribution is 5.96. The molecule has 0 saturated heterocycles. The van der Waals surface area contributed by atoms with Gasteiger partial charge in [-0.25, -0.2) is 4.79 Å². The molecule has 0 aliphatic heterocycles. The molecule has 1 aliphatic carbocycles. The Bertz CT molecular complexity index is 803. The molecule has 3 N–H and O–H groups in total. The van der Waals surface area contributed by atoms with Crippen molar-refractivity contribution >= 4 is 17.6 Å². The monoisotopic (exact) mass is 367 g/mol. The molecule has 0 spiro atoms. The van der Waals surface area contributed by atoms with Crippen LogP contribution in [0.4, 0.5) is 10.5 Å². The minimum atomic E-state index is -0.233. The number of nitrogens with one attached hydrogen (secondary N) is 3. The third-order valence-electron chi connectivity index (χ3n) is 4.16. The van der Waals surface area contributed by atoms with E-state index in [1.165, 1.54) is 0 Å². The first kappa shape index (κ1) is 18.8. The van der Waals surface area contributed by atoms with Gasteiger partial charge >= 0.3 is 6.03 Å². The number of anilines is 1. The molecule has 0 unspecified atom stereocenters. The molecule has 3 amide bonds. The summed E-state index contributed by atoms with van der Waals surface area (Å²) in [4.78, 5) is 24.1. The van der Waals surface area contributed by atoms with E-state index in [0.29, 0.717) is 36.9 Å². The molecule has 27 heavy (non-hydrogen) atoms. The van der Waals surface area contributed by atoms with Crippen molar-refractivity contribution < 1.29 is 14.3 Å². The van der Waals surface area contributed by atoms with E-state index >= 15 is 0 Å². The molecular formula is C21H25N3O3. The van der Waals surface area contributed by atoms with Gasteiger partial charge in [0, 0.05) is 23.8 Å². The Morgan fingerprint density at radius 1 is 1.11 bits per heavy atom. The lowest BCUT2D eigenvalue weighted by atomic mass is 10.2. The topological polar surface area (TPSA) is 79.5 Å². The summed E-state index contributed by atoms with van der Waals surface area (Å²) < 4.78 is 5.67. The van der Waals surface area contributed by atoms with E-state index in [1.54, 1.807) is 24.3 Å². The van der Waals surface area contributed by atoms with Gasteiger partial charge in [0.15, 0.2) is 0 Å². The number of rotatable bonds is 8. The average Bonchev–Trinajstić information content (AvgIpc) is 3.45. The normalized spacial score (nSPS) is 12.9. The van der Waals surface area contributed by atoms with E-state index in [2.05, 4.69) is 16.0 Å². The second kappa shape index (κ2) is 9.07. The van der Waals surface area contributed by atoms with E-state index < -0.39 is 0 Å². The quantitative estimate of drug-likeness (QED) is 0.625. The van der Waals surface area contributed by atoms with Crippen molar-refractivity contribution in [2.45, 2.75) is 32.2 Å². The predicted molar refractivity (Wildman–Crippen MR) is 105 cm³/mol. The number of carbonyl (C=O) groups excluding carboxylic acids is 2. The summed E-state index contributed by atoms with van der Waals surface area (Å²) in [5.74, 6) is 0.668. The molecule has 1 saturated carbocycles. The van der Waals surface area contributed by atoms with Crippen molar-refractivity contribution in [2.24, 2.45) is 0 Å². The smallest absolute Gasteiger partial charge is 0.319 e. The zero-order chi connectivity index (χ0) is 19.1.